The van der Waals surface area contributed by atoms with Crippen molar-refractivity contribution in [2.24, 2.45) is 0 Å². The summed E-state index contributed by atoms with van der Waals surface area (Å²) in [7, 11) is 0. The van der Waals surface area contributed by atoms with E-state index in [0.717, 1.165) is 10.8 Å². The van der Waals surface area contributed by atoms with Crippen molar-refractivity contribution in [3.8, 4) is 0 Å². The van der Waals surface area contributed by atoms with Crippen LogP contribution in [0.5, 0.6) is 0 Å². The van der Waals surface area contributed by atoms with Gasteiger partial charge >= 0.3 is 5.97 Å². The third-order valence-corrected chi connectivity index (χ3v) is 3.74. The van der Waals surface area contributed by atoms with Gasteiger partial charge in [0, 0.05) is 6.07 Å². The minimum absolute atomic E-state index is 0.0149. The van der Waals surface area contributed by atoms with Crippen LogP contribution >= 0.6 is 0 Å². The van der Waals surface area contributed by atoms with Crippen molar-refractivity contribution >= 4 is 34.1 Å². The van der Waals surface area contributed by atoms with Crippen molar-refractivity contribution in [1.82, 2.24) is 0 Å². The smallest absolute Gasteiger partial charge is 0.336 e. The molecule has 3 rings (SSSR count). The monoisotopic (exact) mass is 319 g/mol. The number of fused-ring (bicyclic) bond motifs is 1. The lowest BCUT2D eigenvalue weighted by atomic mass is 9.96. The number of hydrogen-bond acceptors (Lipinski definition) is 3. The molecule has 0 saturated heterocycles. The van der Waals surface area contributed by atoms with Gasteiger partial charge < -0.3 is 5.11 Å². The maximum atomic E-state index is 11.8. The summed E-state index contributed by atoms with van der Waals surface area (Å²) in [6.07, 6.45) is 1.35. The molecule has 0 unspecified atom stereocenters. The van der Waals surface area contributed by atoms with Gasteiger partial charge in [-0.1, -0.05) is 54.6 Å². The second-order valence-corrected chi connectivity index (χ2v) is 5.21. The van der Waals surface area contributed by atoms with E-state index in [9.17, 15) is 20.0 Å². The number of nitro benzene ring substituents is 1. The van der Waals surface area contributed by atoms with Crippen molar-refractivity contribution in [1.29, 1.82) is 0 Å². The molecule has 0 aromatic heterocycles. The highest BCUT2D eigenvalue weighted by atomic mass is 16.6. The van der Waals surface area contributed by atoms with Gasteiger partial charge in [0.15, 0.2) is 0 Å². The first-order chi connectivity index (χ1) is 11.6. The molecule has 5 nitrogen and oxygen atoms in total. The van der Waals surface area contributed by atoms with Crippen LogP contribution in [-0.2, 0) is 4.79 Å². The lowest BCUT2D eigenvalue weighted by molar-refractivity contribution is -0.385. The minimum atomic E-state index is -1.13. The Kier molecular flexibility index (Phi) is 4.07. The maximum Gasteiger partial charge on any atom is 0.336 e. The number of benzene rings is 3. The summed E-state index contributed by atoms with van der Waals surface area (Å²) in [6.45, 7) is 0. The van der Waals surface area contributed by atoms with Gasteiger partial charge in [-0.05, 0) is 28.5 Å². The molecule has 0 saturated carbocycles. The van der Waals surface area contributed by atoms with E-state index < -0.39 is 10.9 Å². The van der Waals surface area contributed by atoms with Gasteiger partial charge in [0.1, 0.15) is 0 Å². The zero-order valence-electron chi connectivity index (χ0n) is 12.5. The van der Waals surface area contributed by atoms with E-state index in [0.29, 0.717) is 5.56 Å². The van der Waals surface area contributed by atoms with Gasteiger partial charge in [-0.15, -0.1) is 0 Å². The summed E-state index contributed by atoms with van der Waals surface area (Å²) in [5, 5.41) is 22.5. The topological polar surface area (TPSA) is 80.4 Å². The third-order valence-electron chi connectivity index (χ3n) is 3.74. The summed E-state index contributed by atoms with van der Waals surface area (Å²) >= 11 is 0. The Morgan fingerprint density at radius 1 is 0.958 bits per heavy atom. The molecular formula is C19H13NO4. The van der Waals surface area contributed by atoms with Crippen molar-refractivity contribution in [2.75, 3.05) is 0 Å². The Morgan fingerprint density at radius 3 is 2.38 bits per heavy atom. The first-order valence-electron chi connectivity index (χ1n) is 7.24. The molecule has 5 heteroatoms. The standard InChI is InChI=1S/C19H13NO4/c21-19(22)17(12-14-7-2-4-11-18(14)20(23)24)16-10-5-8-13-6-1-3-9-15(13)16/h1-12H,(H,21,22)/b17-12+. The van der Waals surface area contributed by atoms with Gasteiger partial charge in [0.25, 0.3) is 5.69 Å². The number of rotatable bonds is 4. The number of hydrogen-bond donors (Lipinski definition) is 1. The first kappa shape index (κ1) is 15.4. The van der Waals surface area contributed by atoms with Gasteiger partial charge in [-0.2, -0.15) is 0 Å². The zero-order valence-corrected chi connectivity index (χ0v) is 12.5. The number of nitro groups is 1. The summed E-state index contributed by atoms with van der Waals surface area (Å²) in [5.41, 5.74) is 0.671. The molecule has 0 heterocycles. The van der Waals surface area contributed by atoms with Crippen molar-refractivity contribution in [3.05, 3.63) is 88.0 Å². The molecule has 0 bridgehead atoms. The fourth-order valence-electron chi connectivity index (χ4n) is 2.65. The molecule has 0 aliphatic carbocycles. The normalized spacial score (nSPS) is 11.4. The maximum absolute atomic E-state index is 11.8. The summed E-state index contributed by atoms with van der Waals surface area (Å²) in [6, 6.07) is 18.9. The molecular weight excluding hydrogens is 306 g/mol. The van der Waals surface area contributed by atoms with E-state index in [4.69, 9.17) is 0 Å². The van der Waals surface area contributed by atoms with Crippen LogP contribution in [-0.4, -0.2) is 16.0 Å². The van der Waals surface area contributed by atoms with E-state index in [-0.39, 0.29) is 16.8 Å². The molecule has 0 amide bonds. The van der Waals surface area contributed by atoms with E-state index in [1.54, 1.807) is 24.3 Å². The Balaban J connectivity index is 2.25. The van der Waals surface area contributed by atoms with Crippen LogP contribution in [0.15, 0.2) is 66.7 Å². The molecule has 0 radical (unpaired) electrons. The lowest BCUT2D eigenvalue weighted by Gasteiger charge is -2.08. The highest BCUT2D eigenvalue weighted by Gasteiger charge is 2.17. The van der Waals surface area contributed by atoms with E-state index >= 15 is 0 Å². The van der Waals surface area contributed by atoms with Gasteiger partial charge in [-0.25, -0.2) is 4.79 Å². The number of nitrogens with zero attached hydrogens (tertiary/aromatic N) is 1. The quantitative estimate of drug-likeness (QED) is 0.335. The molecule has 0 aliphatic rings. The van der Waals surface area contributed by atoms with Gasteiger partial charge in [-0.3, -0.25) is 10.1 Å². The fraction of sp³-hybridized carbons (Fsp3) is 0. The average Bonchev–Trinajstić information content (AvgIpc) is 2.59. The predicted molar refractivity (Wildman–Crippen MR) is 92.6 cm³/mol. The number of carbonyl (C=O) groups is 1. The first-order valence-corrected chi connectivity index (χ1v) is 7.24. The van der Waals surface area contributed by atoms with Crippen LogP contribution in [0, 0.1) is 10.1 Å². The highest BCUT2D eigenvalue weighted by molar-refractivity contribution is 6.24. The number of aliphatic carboxylic acids is 1. The van der Waals surface area contributed by atoms with Crippen LogP contribution in [0.4, 0.5) is 5.69 Å². The average molecular weight is 319 g/mol. The lowest BCUT2D eigenvalue weighted by Crippen LogP contribution is -2.01. The molecule has 24 heavy (non-hydrogen) atoms. The second kappa shape index (κ2) is 6.34. The molecule has 1 N–H and O–H groups in total. The summed E-state index contributed by atoms with van der Waals surface area (Å²) < 4.78 is 0. The second-order valence-electron chi connectivity index (χ2n) is 5.21. The zero-order chi connectivity index (χ0) is 17.1. The number of carboxylic acids is 1. The SMILES string of the molecule is O=C(O)/C(=C/c1ccccc1[N+](=O)[O-])c1cccc2ccccc12. The number of carboxylic acid groups (broad SMARTS) is 1. The molecule has 118 valence electrons. The summed E-state index contributed by atoms with van der Waals surface area (Å²) in [5.74, 6) is -1.13. The molecule has 0 aliphatic heterocycles. The van der Waals surface area contributed by atoms with Crippen LogP contribution in [0.2, 0.25) is 0 Å². The molecule has 0 atom stereocenters. The largest absolute Gasteiger partial charge is 0.478 e. The van der Waals surface area contributed by atoms with E-state index in [1.807, 2.05) is 30.3 Å². The van der Waals surface area contributed by atoms with Crippen LogP contribution in [0.3, 0.4) is 0 Å². The van der Waals surface area contributed by atoms with E-state index in [1.165, 1.54) is 18.2 Å². The van der Waals surface area contributed by atoms with Crippen molar-refractivity contribution in [3.63, 3.8) is 0 Å². The van der Waals surface area contributed by atoms with Crippen molar-refractivity contribution < 1.29 is 14.8 Å². The van der Waals surface area contributed by atoms with Crippen LogP contribution in [0.25, 0.3) is 22.4 Å². The van der Waals surface area contributed by atoms with Gasteiger partial charge in [0.05, 0.1) is 16.1 Å². The minimum Gasteiger partial charge on any atom is -0.478 e. The predicted octanol–water partition coefficient (Wildman–Crippen LogP) is 4.37. The van der Waals surface area contributed by atoms with Crippen LogP contribution in [0.1, 0.15) is 11.1 Å². The van der Waals surface area contributed by atoms with Gasteiger partial charge in [0.2, 0.25) is 0 Å². The fourth-order valence-corrected chi connectivity index (χ4v) is 2.65. The third kappa shape index (κ3) is 2.87. The molecule has 3 aromatic carbocycles. The molecule has 0 spiro atoms. The Labute approximate surface area is 137 Å². The molecule has 0 fully saturated rings. The Morgan fingerprint density at radius 2 is 1.62 bits per heavy atom. The highest BCUT2D eigenvalue weighted by Crippen LogP contribution is 2.29. The Hall–Kier alpha value is -3.47. The summed E-state index contributed by atoms with van der Waals surface area (Å²) in [4.78, 5) is 22.4. The molecule has 3 aromatic rings. The Bertz CT molecular complexity index is 971. The number of para-hydroxylation sites is 1. The van der Waals surface area contributed by atoms with E-state index in [2.05, 4.69) is 0 Å². The van der Waals surface area contributed by atoms with Crippen LogP contribution < -0.4 is 0 Å². The van der Waals surface area contributed by atoms with Crippen molar-refractivity contribution in [2.45, 2.75) is 0 Å².